The summed E-state index contributed by atoms with van der Waals surface area (Å²) in [6.07, 6.45) is -2.38. The molecule has 1 unspecified atom stereocenters. The zero-order valence-corrected chi connectivity index (χ0v) is 23.1. The van der Waals surface area contributed by atoms with Crippen molar-refractivity contribution in [2.45, 2.75) is 75.9 Å². The maximum absolute atomic E-state index is 12.7. The second-order valence-electron chi connectivity index (χ2n) is 9.93. The Labute approximate surface area is 232 Å². The lowest BCUT2D eigenvalue weighted by molar-refractivity contribution is -0.0576. The lowest BCUT2D eigenvalue weighted by Crippen LogP contribution is -2.34. The number of nitrogens with zero attached hydrogens (tertiary/aromatic N) is 2. The minimum Gasteiger partial charge on any atom is -0.394 e. The van der Waals surface area contributed by atoms with Gasteiger partial charge in [-0.25, -0.2) is 14.2 Å². The number of phosphoric ester groups is 1. The van der Waals surface area contributed by atoms with Crippen LogP contribution < -0.4 is 28.2 Å². The topological polar surface area (TPSA) is 250 Å². The molecule has 2 aliphatic heterocycles. The van der Waals surface area contributed by atoms with Crippen molar-refractivity contribution in [2.75, 3.05) is 19.8 Å². The molecule has 0 aliphatic carbocycles. The van der Waals surface area contributed by atoms with Gasteiger partial charge in [-0.3, -0.25) is 37.7 Å². The summed E-state index contributed by atoms with van der Waals surface area (Å²) in [6.45, 7) is 0.745. The van der Waals surface area contributed by atoms with E-state index in [4.69, 9.17) is 24.3 Å². The molecule has 17 nitrogen and oxygen atoms in total. The van der Waals surface area contributed by atoms with E-state index in [9.17, 15) is 38.8 Å². The van der Waals surface area contributed by atoms with Crippen LogP contribution in [-0.4, -0.2) is 78.4 Å². The summed E-state index contributed by atoms with van der Waals surface area (Å²) in [5, 5.41) is 20.2. The highest BCUT2D eigenvalue weighted by molar-refractivity contribution is 7.47. The summed E-state index contributed by atoms with van der Waals surface area (Å²) in [5.74, 6) is 0. The quantitative estimate of drug-likeness (QED) is 0.115. The van der Waals surface area contributed by atoms with Crippen molar-refractivity contribution >= 4 is 7.82 Å². The van der Waals surface area contributed by atoms with Gasteiger partial charge in [0, 0.05) is 36.4 Å². The number of H-pyrrole nitrogens is 2. The van der Waals surface area contributed by atoms with Gasteiger partial charge in [0.2, 0.25) is 0 Å². The van der Waals surface area contributed by atoms with Crippen LogP contribution in [0.15, 0.2) is 31.6 Å². The first-order chi connectivity index (χ1) is 19.4. The average Bonchev–Trinajstić information content (AvgIpc) is 3.48. The standard InChI is InChI=1S/C23H34N5O12P/c1-12-8-27(22(33)25-20(12)31)19-7-15(16(10-29)38-19)40-41(35,36)37-11-17-14(30)6-18(39-17)28-9-13(4-2-3-5-24)21(32)26-23(28)34/h8-9,14-19,29-30H,2-7,10-11,24H2,1H3,(H,35,36)(H,25,31,33)(H,26,32,34)/t14-,15-,16+,17+,18+,19+/m0/s1. The monoisotopic (exact) mass is 603 g/mol. The minimum atomic E-state index is -4.80. The van der Waals surface area contributed by atoms with Crippen LogP contribution in [0, 0.1) is 6.92 Å². The largest absolute Gasteiger partial charge is 0.472 e. The van der Waals surface area contributed by atoms with Gasteiger partial charge in [-0.05, 0) is 32.7 Å². The van der Waals surface area contributed by atoms with E-state index in [0.717, 1.165) is 9.13 Å². The number of hydrogen-bond donors (Lipinski definition) is 6. The number of aromatic nitrogens is 4. The fraction of sp³-hybridized carbons (Fsp3) is 0.652. The Morgan fingerprint density at radius 2 is 1.66 bits per heavy atom. The summed E-state index contributed by atoms with van der Waals surface area (Å²) in [5.41, 5.74) is 3.46. The van der Waals surface area contributed by atoms with E-state index < -0.39 is 80.4 Å². The van der Waals surface area contributed by atoms with Crippen molar-refractivity contribution in [2.24, 2.45) is 5.73 Å². The molecule has 0 aromatic carbocycles. The molecular formula is C23H34N5O12P. The summed E-state index contributed by atoms with van der Waals surface area (Å²) in [4.78, 5) is 63.1. The number of unbranched alkanes of at least 4 members (excludes halogenated alkanes) is 1. The highest BCUT2D eigenvalue weighted by Crippen LogP contribution is 2.48. The van der Waals surface area contributed by atoms with Gasteiger partial charge in [-0.2, -0.15) is 0 Å². The molecule has 41 heavy (non-hydrogen) atoms. The Balaban J connectivity index is 1.38. The molecule has 0 bridgehead atoms. The zero-order chi connectivity index (χ0) is 29.9. The van der Waals surface area contributed by atoms with Crippen LogP contribution in [0.5, 0.6) is 0 Å². The van der Waals surface area contributed by atoms with Gasteiger partial charge in [0.1, 0.15) is 30.8 Å². The molecule has 0 spiro atoms. The predicted molar refractivity (Wildman–Crippen MR) is 140 cm³/mol. The number of rotatable bonds is 12. The van der Waals surface area contributed by atoms with Gasteiger partial charge in [-0.15, -0.1) is 0 Å². The number of aliphatic hydroxyl groups is 2. The molecule has 0 saturated carbocycles. The van der Waals surface area contributed by atoms with Crippen LogP contribution in [0.3, 0.4) is 0 Å². The van der Waals surface area contributed by atoms with E-state index >= 15 is 0 Å². The van der Waals surface area contributed by atoms with Crippen molar-refractivity contribution in [3.05, 3.63) is 65.2 Å². The summed E-state index contributed by atoms with van der Waals surface area (Å²) in [7, 11) is -4.80. The molecule has 4 heterocycles. The summed E-state index contributed by atoms with van der Waals surface area (Å²) >= 11 is 0. The van der Waals surface area contributed by atoms with Crippen molar-refractivity contribution in [3.8, 4) is 0 Å². The maximum atomic E-state index is 12.7. The second-order valence-corrected chi connectivity index (χ2v) is 11.3. The Morgan fingerprint density at radius 1 is 1.02 bits per heavy atom. The van der Waals surface area contributed by atoms with Gasteiger partial charge < -0.3 is 30.3 Å². The Kier molecular flexibility index (Phi) is 9.94. The van der Waals surface area contributed by atoms with Crippen LogP contribution in [-0.2, 0) is 29.5 Å². The first kappa shape index (κ1) is 31.2. The number of ether oxygens (including phenoxy) is 2. The van der Waals surface area contributed by atoms with Crippen molar-refractivity contribution < 1.29 is 38.2 Å². The van der Waals surface area contributed by atoms with Gasteiger partial charge in [0.25, 0.3) is 11.1 Å². The van der Waals surface area contributed by atoms with Crippen LogP contribution >= 0.6 is 7.82 Å². The number of aromatic amines is 2. The van der Waals surface area contributed by atoms with Gasteiger partial charge in [0.15, 0.2) is 0 Å². The lowest BCUT2D eigenvalue weighted by Gasteiger charge is -2.22. The Morgan fingerprint density at radius 3 is 2.34 bits per heavy atom. The molecule has 4 rings (SSSR count). The fourth-order valence-corrected chi connectivity index (χ4v) is 5.69. The number of aliphatic hydroxyl groups excluding tert-OH is 2. The Hall–Kier alpha value is -2.73. The molecule has 2 fully saturated rings. The second kappa shape index (κ2) is 13.1. The molecule has 0 radical (unpaired) electrons. The number of hydrogen-bond acceptors (Lipinski definition) is 12. The van der Waals surface area contributed by atoms with Gasteiger partial charge in [-0.1, -0.05) is 0 Å². The average molecular weight is 604 g/mol. The zero-order valence-electron chi connectivity index (χ0n) is 22.2. The first-order valence-corrected chi connectivity index (χ1v) is 14.5. The predicted octanol–water partition coefficient (Wildman–Crippen LogP) is -1.89. The molecule has 0 amide bonds. The van der Waals surface area contributed by atoms with E-state index in [2.05, 4.69) is 9.97 Å². The van der Waals surface area contributed by atoms with Crippen LogP contribution in [0.4, 0.5) is 0 Å². The minimum absolute atomic E-state index is 0.0587. The molecule has 7 atom stereocenters. The third-order valence-electron chi connectivity index (χ3n) is 6.94. The van der Waals surface area contributed by atoms with Gasteiger partial charge >= 0.3 is 19.2 Å². The summed E-state index contributed by atoms with van der Waals surface area (Å²) < 4.78 is 36.5. The van der Waals surface area contributed by atoms with E-state index in [1.165, 1.54) is 19.3 Å². The van der Waals surface area contributed by atoms with Gasteiger partial charge in [0.05, 0.1) is 19.3 Å². The third-order valence-corrected chi connectivity index (χ3v) is 7.96. The van der Waals surface area contributed by atoms with E-state index in [1.54, 1.807) is 0 Å². The van der Waals surface area contributed by atoms with Crippen LogP contribution in [0.1, 0.15) is 49.3 Å². The number of nitrogens with two attached hydrogens (primary N) is 1. The lowest BCUT2D eigenvalue weighted by atomic mass is 10.1. The molecule has 228 valence electrons. The molecule has 7 N–H and O–H groups in total. The molecular weight excluding hydrogens is 569 g/mol. The normalized spacial score (nSPS) is 27.7. The third kappa shape index (κ3) is 7.38. The van der Waals surface area contributed by atoms with E-state index in [0.29, 0.717) is 31.4 Å². The molecule has 2 aliphatic rings. The molecule has 18 heteroatoms. The van der Waals surface area contributed by atoms with E-state index in [1.807, 2.05) is 0 Å². The highest BCUT2D eigenvalue weighted by Gasteiger charge is 2.43. The van der Waals surface area contributed by atoms with Crippen LogP contribution in [0.25, 0.3) is 0 Å². The number of phosphoric acid groups is 1. The van der Waals surface area contributed by atoms with Crippen molar-refractivity contribution in [3.63, 3.8) is 0 Å². The molecule has 2 saturated heterocycles. The first-order valence-electron chi connectivity index (χ1n) is 13.0. The highest BCUT2D eigenvalue weighted by atomic mass is 31.2. The van der Waals surface area contributed by atoms with Crippen molar-refractivity contribution in [1.82, 2.24) is 19.1 Å². The fourth-order valence-electron chi connectivity index (χ4n) is 4.73. The number of nitrogens with one attached hydrogen (secondary N) is 2. The Bertz CT molecular complexity index is 1500. The SMILES string of the molecule is Cc1cn([C@H]2C[C@H](OP(=O)(O)OC[C@H]3O[C@@H](n4cc(CCCCN)c(=O)[nH]c4=O)C[C@@H]3O)[C@@H](CO)O2)c(=O)[nH]c1=O. The van der Waals surface area contributed by atoms with E-state index in [-0.39, 0.29) is 18.4 Å². The maximum Gasteiger partial charge on any atom is 0.472 e. The number of aryl methyl sites for hydroxylation is 2. The summed E-state index contributed by atoms with van der Waals surface area (Å²) in [6, 6.07) is 0. The van der Waals surface area contributed by atoms with Crippen molar-refractivity contribution in [1.29, 1.82) is 0 Å². The molecule has 2 aromatic heterocycles. The van der Waals surface area contributed by atoms with Crippen LogP contribution in [0.2, 0.25) is 0 Å². The molecule has 2 aromatic rings. The smallest absolute Gasteiger partial charge is 0.394 e.